The third kappa shape index (κ3) is 3.64. The first kappa shape index (κ1) is 14.2. The van der Waals surface area contributed by atoms with Crippen LogP contribution in [0, 0.1) is 0 Å². The summed E-state index contributed by atoms with van der Waals surface area (Å²) in [5, 5.41) is 6.93. The highest BCUT2D eigenvalue weighted by molar-refractivity contribution is 5.77. The molecular formula is C14H18N4O2. The number of nitrogens with zero attached hydrogens (tertiary/aromatic N) is 3. The molecule has 0 atom stereocenters. The summed E-state index contributed by atoms with van der Waals surface area (Å²) >= 11 is 0. The Balaban J connectivity index is 2.00. The maximum atomic E-state index is 11.5. The quantitative estimate of drug-likeness (QED) is 0.857. The van der Waals surface area contributed by atoms with Crippen LogP contribution in [0.5, 0.6) is 0 Å². The molecule has 2 aromatic rings. The zero-order chi connectivity index (χ0) is 14.4. The summed E-state index contributed by atoms with van der Waals surface area (Å²) in [6, 6.07) is 3.92. The summed E-state index contributed by atoms with van der Waals surface area (Å²) in [6.07, 6.45) is 5.26. The lowest BCUT2D eigenvalue weighted by atomic mass is 10.1. The van der Waals surface area contributed by atoms with Crippen molar-refractivity contribution in [3.63, 3.8) is 0 Å². The summed E-state index contributed by atoms with van der Waals surface area (Å²) in [5.41, 5.74) is 2.90. The van der Waals surface area contributed by atoms with Crippen LogP contribution >= 0.6 is 0 Å². The Labute approximate surface area is 117 Å². The second kappa shape index (κ2) is 6.81. The molecule has 6 heteroatoms. The van der Waals surface area contributed by atoms with Gasteiger partial charge in [0.05, 0.1) is 5.69 Å². The van der Waals surface area contributed by atoms with Crippen molar-refractivity contribution in [2.75, 3.05) is 13.2 Å². The molecule has 106 valence electrons. The van der Waals surface area contributed by atoms with E-state index in [1.54, 1.807) is 23.3 Å². The van der Waals surface area contributed by atoms with Gasteiger partial charge in [-0.15, -0.1) is 0 Å². The number of nitrogens with one attached hydrogen (secondary N) is 1. The van der Waals surface area contributed by atoms with Gasteiger partial charge in [-0.05, 0) is 24.6 Å². The topological polar surface area (TPSA) is 69.0 Å². The number of amides is 1. The average molecular weight is 274 g/mol. The smallest absolute Gasteiger partial charge is 0.246 e. The molecule has 0 bridgehead atoms. The monoisotopic (exact) mass is 274 g/mol. The van der Waals surface area contributed by atoms with Crippen LogP contribution in [-0.4, -0.2) is 33.9 Å². The van der Waals surface area contributed by atoms with Crippen LogP contribution in [0.1, 0.15) is 12.5 Å². The maximum Gasteiger partial charge on any atom is 0.246 e. The Morgan fingerprint density at radius 3 is 3.00 bits per heavy atom. The normalized spacial score (nSPS) is 10.5. The van der Waals surface area contributed by atoms with Crippen molar-refractivity contribution >= 4 is 5.91 Å². The molecule has 0 spiro atoms. The fourth-order valence-electron chi connectivity index (χ4n) is 1.83. The number of ether oxygens (including phenoxy) is 1. The SMILES string of the molecule is CCOCC(=O)NCc1cncc(-c2ccnn2C)c1. The molecule has 2 aromatic heterocycles. The molecule has 0 aliphatic rings. The standard InChI is InChI=1S/C14H18N4O2/c1-3-20-10-14(19)16-8-11-6-12(9-15-7-11)13-4-5-17-18(13)2/h4-7,9H,3,8,10H2,1-2H3,(H,16,19). The van der Waals surface area contributed by atoms with Crippen molar-refractivity contribution in [3.05, 3.63) is 36.3 Å². The van der Waals surface area contributed by atoms with Gasteiger partial charge in [0.1, 0.15) is 6.61 Å². The number of carbonyl (C=O) groups is 1. The highest BCUT2D eigenvalue weighted by atomic mass is 16.5. The van der Waals surface area contributed by atoms with E-state index in [-0.39, 0.29) is 12.5 Å². The summed E-state index contributed by atoms with van der Waals surface area (Å²) in [5.74, 6) is -0.127. The van der Waals surface area contributed by atoms with E-state index in [1.165, 1.54) is 0 Å². The largest absolute Gasteiger partial charge is 0.372 e. The lowest BCUT2D eigenvalue weighted by molar-refractivity contribution is -0.125. The third-order valence-corrected chi connectivity index (χ3v) is 2.84. The zero-order valence-electron chi connectivity index (χ0n) is 11.7. The molecule has 2 rings (SSSR count). The summed E-state index contributed by atoms with van der Waals surface area (Å²) in [4.78, 5) is 15.7. The Bertz CT molecular complexity index is 580. The number of carbonyl (C=O) groups excluding carboxylic acids is 1. The average Bonchev–Trinajstić information content (AvgIpc) is 2.89. The van der Waals surface area contributed by atoms with Gasteiger partial charge in [0, 0.05) is 44.4 Å². The molecule has 0 saturated heterocycles. The summed E-state index contributed by atoms with van der Waals surface area (Å²) in [7, 11) is 1.88. The first-order valence-corrected chi connectivity index (χ1v) is 6.47. The fourth-order valence-corrected chi connectivity index (χ4v) is 1.83. The lowest BCUT2D eigenvalue weighted by Gasteiger charge is -2.07. The Morgan fingerprint density at radius 2 is 2.30 bits per heavy atom. The molecule has 6 nitrogen and oxygen atoms in total. The molecule has 1 amide bonds. The number of hydrogen-bond acceptors (Lipinski definition) is 4. The van der Waals surface area contributed by atoms with Crippen molar-refractivity contribution in [2.24, 2.45) is 7.05 Å². The van der Waals surface area contributed by atoms with Gasteiger partial charge < -0.3 is 10.1 Å². The van der Waals surface area contributed by atoms with E-state index in [1.807, 2.05) is 26.1 Å². The maximum absolute atomic E-state index is 11.5. The van der Waals surface area contributed by atoms with E-state index in [0.29, 0.717) is 13.2 Å². The molecule has 0 aliphatic heterocycles. The number of rotatable bonds is 6. The van der Waals surface area contributed by atoms with Gasteiger partial charge in [0.2, 0.25) is 5.91 Å². The minimum Gasteiger partial charge on any atom is -0.372 e. The first-order chi connectivity index (χ1) is 9.70. The van der Waals surface area contributed by atoms with Crippen LogP contribution < -0.4 is 5.32 Å². The van der Waals surface area contributed by atoms with E-state index in [4.69, 9.17) is 4.74 Å². The van der Waals surface area contributed by atoms with Gasteiger partial charge in [-0.2, -0.15) is 5.10 Å². The van der Waals surface area contributed by atoms with Gasteiger partial charge in [0.25, 0.3) is 0 Å². The molecule has 0 unspecified atom stereocenters. The Hall–Kier alpha value is -2.21. The van der Waals surface area contributed by atoms with Gasteiger partial charge in [-0.1, -0.05) is 0 Å². The number of aryl methyl sites for hydroxylation is 1. The summed E-state index contributed by atoms with van der Waals surface area (Å²) < 4.78 is 6.83. The highest BCUT2D eigenvalue weighted by Crippen LogP contribution is 2.17. The highest BCUT2D eigenvalue weighted by Gasteiger charge is 2.05. The number of pyridine rings is 1. The molecule has 1 N–H and O–H groups in total. The van der Waals surface area contributed by atoms with E-state index in [2.05, 4.69) is 15.4 Å². The second-order valence-corrected chi connectivity index (χ2v) is 4.34. The first-order valence-electron chi connectivity index (χ1n) is 6.47. The molecule has 0 saturated carbocycles. The van der Waals surface area contributed by atoms with Gasteiger partial charge >= 0.3 is 0 Å². The van der Waals surface area contributed by atoms with Crippen molar-refractivity contribution in [3.8, 4) is 11.3 Å². The molecule has 20 heavy (non-hydrogen) atoms. The van der Waals surface area contributed by atoms with E-state index >= 15 is 0 Å². The van der Waals surface area contributed by atoms with Crippen molar-refractivity contribution < 1.29 is 9.53 Å². The summed E-state index contributed by atoms with van der Waals surface area (Å²) in [6.45, 7) is 2.91. The van der Waals surface area contributed by atoms with E-state index in [9.17, 15) is 4.79 Å². The second-order valence-electron chi connectivity index (χ2n) is 4.34. The van der Waals surface area contributed by atoms with Gasteiger partial charge in [0.15, 0.2) is 0 Å². The van der Waals surface area contributed by atoms with E-state index in [0.717, 1.165) is 16.8 Å². The molecule has 0 fully saturated rings. The van der Waals surface area contributed by atoms with Crippen molar-refractivity contribution in [2.45, 2.75) is 13.5 Å². The van der Waals surface area contributed by atoms with Gasteiger partial charge in [-0.25, -0.2) is 0 Å². The van der Waals surface area contributed by atoms with Crippen LogP contribution in [-0.2, 0) is 23.1 Å². The number of aromatic nitrogens is 3. The van der Waals surface area contributed by atoms with Crippen molar-refractivity contribution in [1.29, 1.82) is 0 Å². The lowest BCUT2D eigenvalue weighted by Crippen LogP contribution is -2.27. The van der Waals surface area contributed by atoms with Crippen LogP contribution in [0.4, 0.5) is 0 Å². The molecule has 2 heterocycles. The molecule has 0 aromatic carbocycles. The number of hydrogen-bond donors (Lipinski definition) is 1. The van der Waals surface area contributed by atoms with E-state index < -0.39 is 0 Å². The van der Waals surface area contributed by atoms with Crippen molar-refractivity contribution in [1.82, 2.24) is 20.1 Å². The molecular weight excluding hydrogens is 256 g/mol. The third-order valence-electron chi connectivity index (χ3n) is 2.84. The van der Waals surface area contributed by atoms with Crippen LogP contribution in [0.15, 0.2) is 30.7 Å². The Morgan fingerprint density at radius 1 is 1.45 bits per heavy atom. The Kier molecular flexibility index (Phi) is 4.84. The minimum atomic E-state index is -0.127. The fraction of sp³-hybridized carbons (Fsp3) is 0.357. The van der Waals surface area contributed by atoms with Crippen LogP contribution in [0.2, 0.25) is 0 Å². The molecule has 0 radical (unpaired) electrons. The minimum absolute atomic E-state index is 0.0886. The zero-order valence-corrected chi connectivity index (χ0v) is 11.7. The predicted octanol–water partition coefficient (Wildman–Crippen LogP) is 1.13. The van der Waals surface area contributed by atoms with Crippen LogP contribution in [0.3, 0.4) is 0 Å². The predicted molar refractivity (Wildman–Crippen MR) is 74.8 cm³/mol. The van der Waals surface area contributed by atoms with Gasteiger partial charge in [-0.3, -0.25) is 14.5 Å². The molecule has 0 aliphatic carbocycles. The van der Waals surface area contributed by atoms with Crippen LogP contribution in [0.25, 0.3) is 11.3 Å².